The summed E-state index contributed by atoms with van der Waals surface area (Å²) < 4.78 is 0. The second-order valence-electron chi connectivity index (χ2n) is 4.02. The first-order valence-corrected chi connectivity index (χ1v) is 6.04. The summed E-state index contributed by atoms with van der Waals surface area (Å²) in [5.74, 6) is 0.396. The summed E-state index contributed by atoms with van der Waals surface area (Å²) in [6.07, 6.45) is 0.923. The number of rotatable bonds is 2. The Morgan fingerprint density at radius 1 is 1.73 bits per heavy atom. The van der Waals surface area contributed by atoms with E-state index in [0.717, 1.165) is 23.4 Å². The van der Waals surface area contributed by atoms with Gasteiger partial charge in [0.05, 0.1) is 4.88 Å². The number of hydrogen-bond acceptors (Lipinski definition) is 3. The number of aliphatic hydroxyl groups excluding tert-OH is 1. The lowest BCUT2D eigenvalue weighted by Gasteiger charge is -2.15. The van der Waals surface area contributed by atoms with Gasteiger partial charge < -0.3 is 10.0 Å². The SMILES string of the molecule is Cc1ccsc1C(=O)N1CCC(CO)C1. The average molecular weight is 225 g/mol. The molecular formula is C11H15NO2S. The van der Waals surface area contributed by atoms with Gasteiger partial charge in [-0.2, -0.15) is 0 Å². The molecule has 0 aromatic carbocycles. The molecule has 0 radical (unpaired) electrons. The Labute approximate surface area is 93.3 Å². The van der Waals surface area contributed by atoms with Crippen LogP contribution in [0.5, 0.6) is 0 Å². The van der Waals surface area contributed by atoms with Gasteiger partial charge in [-0.05, 0) is 30.4 Å². The molecule has 4 heteroatoms. The lowest BCUT2D eigenvalue weighted by atomic mass is 10.1. The maximum atomic E-state index is 12.0. The minimum absolute atomic E-state index is 0.124. The summed E-state index contributed by atoms with van der Waals surface area (Å²) in [4.78, 5) is 14.7. The van der Waals surface area contributed by atoms with E-state index in [-0.39, 0.29) is 18.4 Å². The first kappa shape index (κ1) is 10.6. The van der Waals surface area contributed by atoms with Crippen molar-refractivity contribution in [2.75, 3.05) is 19.7 Å². The number of nitrogens with zero attached hydrogens (tertiary/aromatic N) is 1. The number of amides is 1. The average Bonchev–Trinajstić information content (AvgIpc) is 2.84. The molecule has 15 heavy (non-hydrogen) atoms. The fraction of sp³-hybridized carbons (Fsp3) is 0.545. The first-order chi connectivity index (χ1) is 7.22. The largest absolute Gasteiger partial charge is 0.396 e. The summed E-state index contributed by atoms with van der Waals surface area (Å²) in [5.41, 5.74) is 1.05. The topological polar surface area (TPSA) is 40.5 Å². The van der Waals surface area contributed by atoms with Gasteiger partial charge >= 0.3 is 0 Å². The maximum absolute atomic E-state index is 12.0. The third-order valence-corrected chi connectivity index (χ3v) is 3.89. The molecule has 0 bridgehead atoms. The van der Waals surface area contributed by atoms with Gasteiger partial charge in [0, 0.05) is 25.6 Å². The predicted octanol–water partition coefficient (Wildman–Crippen LogP) is 1.51. The number of carbonyl (C=O) groups excluding carboxylic acids is 1. The molecular weight excluding hydrogens is 210 g/mol. The lowest BCUT2D eigenvalue weighted by Crippen LogP contribution is -2.28. The Hall–Kier alpha value is -0.870. The van der Waals surface area contributed by atoms with E-state index in [4.69, 9.17) is 5.11 Å². The quantitative estimate of drug-likeness (QED) is 0.829. The van der Waals surface area contributed by atoms with E-state index in [1.165, 1.54) is 11.3 Å². The fourth-order valence-electron chi connectivity index (χ4n) is 1.90. The predicted molar refractivity (Wildman–Crippen MR) is 60.2 cm³/mol. The van der Waals surface area contributed by atoms with Crippen molar-refractivity contribution in [2.45, 2.75) is 13.3 Å². The van der Waals surface area contributed by atoms with E-state index in [9.17, 15) is 4.79 Å². The zero-order valence-corrected chi connectivity index (χ0v) is 9.59. The molecule has 82 valence electrons. The molecule has 2 heterocycles. The van der Waals surface area contributed by atoms with Crippen molar-refractivity contribution in [2.24, 2.45) is 5.92 Å². The summed E-state index contributed by atoms with van der Waals surface area (Å²) in [5, 5.41) is 11.0. The van der Waals surface area contributed by atoms with E-state index < -0.39 is 0 Å². The van der Waals surface area contributed by atoms with Crippen molar-refractivity contribution < 1.29 is 9.90 Å². The van der Waals surface area contributed by atoms with Crippen LogP contribution >= 0.6 is 11.3 Å². The third-order valence-electron chi connectivity index (χ3n) is 2.89. The molecule has 0 saturated carbocycles. The lowest BCUT2D eigenvalue weighted by molar-refractivity contribution is 0.0786. The molecule has 0 spiro atoms. The standard InChI is InChI=1S/C11H15NO2S/c1-8-3-5-15-10(8)11(14)12-4-2-9(6-12)7-13/h3,5,9,13H,2,4,6-7H2,1H3. The second-order valence-corrected chi connectivity index (χ2v) is 4.94. The van der Waals surface area contributed by atoms with Gasteiger partial charge in [-0.3, -0.25) is 4.79 Å². The number of aliphatic hydroxyl groups is 1. The smallest absolute Gasteiger partial charge is 0.264 e. The van der Waals surface area contributed by atoms with Gasteiger partial charge in [0.1, 0.15) is 0 Å². The number of hydrogen-bond donors (Lipinski definition) is 1. The highest BCUT2D eigenvalue weighted by Crippen LogP contribution is 2.22. The van der Waals surface area contributed by atoms with E-state index in [2.05, 4.69) is 0 Å². The van der Waals surface area contributed by atoms with Crippen LogP contribution in [0.3, 0.4) is 0 Å². The van der Waals surface area contributed by atoms with Crippen LogP contribution < -0.4 is 0 Å². The van der Waals surface area contributed by atoms with Crippen molar-refractivity contribution >= 4 is 17.2 Å². The molecule has 1 fully saturated rings. The number of likely N-dealkylation sites (tertiary alicyclic amines) is 1. The Morgan fingerprint density at radius 2 is 2.53 bits per heavy atom. The highest BCUT2D eigenvalue weighted by Gasteiger charge is 2.27. The minimum atomic E-state index is 0.124. The van der Waals surface area contributed by atoms with Crippen molar-refractivity contribution in [3.63, 3.8) is 0 Å². The molecule has 1 amide bonds. The van der Waals surface area contributed by atoms with Crippen molar-refractivity contribution in [3.05, 3.63) is 21.9 Å². The Morgan fingerprint density at radius 3 is 3.07 bits per heavy atom. The van der Waals surface area contributed by atoms with E-state index >= 15 is 0 Å². The van der Waals surface area contributed by atoms with Gasteiger partial charge in [0.15, 0.2) is 0 Å². The molecule has 0 aliphatic carbocycles. The van der Waals surface area contributed by atoms with Gasteiger partial charge in [0.25, 0.3) is 5.91 Å². The monoisotopic (exact) mass is 225 g/mol. The molecule has 1 unspecified atom stereocenters. The zero-order chi connectivity index (χ0) is 10.8. The molecule has 1 aliphatic rings. The summed E-state index contributed by atoms with van der Waals surface area (Å²) >= 11 is 1.50. The highest BCUT2D eigenvalue weighted by molar-refractivity contribution is 7.12. The van der Waals surface area contributed by atoms with E-state index in [1.54, 1.807) is 0 Å². The Kier molecular flexibility index (Phi) is 3.07. The van der Waals surface area contributed by atoms with Crippen molar-refractivity contribution in [1.29, 1.82) is 0 Å². The molecule has 2 rings (SSSR count). The molecule has 1 aliphatic heterocycles. The van der Waals surface area contributed by atoms with E-state index in [0.29, 0.717) is 6.54 Å². The maximum Gasteiger partial charge on any atom is 0.264 e. The summed E-state index contributed by atoms with van der Waals surface area (Å²) in [6, 6.07) is 1.97. The first-order valence-electron chi connectivity index (χ1n) is 5.16. The summed E-state index contributed by atoms with van der Waals surface area (Å²) in [6.45, 7) is 3.63. The highest BCUT2D eigenvalue weighted by atomic mass is 32.1. The molecule has 1 saturated heterocycles. The molecule has 3 nitrogen and oxygen atoms in total. The van der Waals surface area contributed by atoms with Crippen LogP contribution in [-0.2, 0) is 0 Å². The van der Waals surface area contributed by atoms with Gasteiger partial charge in [0.2, 0.25) is 0 Å². The van der Waals surface area contributed by atoms with Crippen molar-refractivity contribution in [1.82, 2.24) is 4.90 Å². The van der Waals surface area contributed by atoms with E-state index in [1.807, 2.05) is 23.3 Å². The third kappa shape index (κ3) is 2.06. The zero-order valence-electron chi connectivity index (χ0n) is 8.77. The number of thiophene rings is 1. The van der Waals surface area contributed by atoms with Crippen LogP contribution in [0.1, 0.15) is 21.7 Å². The molecule has 1 aromatic heterocycles. The summed E-state index contributed by atoms with van der Waals surface area (Å²) in [7, 11) is 0. The number of aryl methyl sites for hydroxylation is 1. The Bertz CT molecular complexity index is 361. The van der Waals surface area contributed by atoms with Crippen LogP contribution in [0, 0.1) is 12.8 Å². The van der Waals surface area contributed by atoms with Crippen LogP contribution in [0.15, 0.2) is 11.4 Å². The minimum Gasteiger partial charge on any atom is -0.396 e. The van der Waals surface area contributed by atoms with Crippen LogP contribution in [-0.4, -0.2) is 35.6 Å². The molecule has 1 aromatic rings. The molecule has 1 atom stereocenters. The number of carbonyl (C=O) groups is 1. The van der Waals surface area contributed by atoms with Crippen LogP contribution in [0.25, 0.3) is 0 Å². The Balaban J connectivity index is 2.07. The second kappa shape index (κ2) is 4.33. The van der Waals surface area contributed by atoms with Gasteiger partial charge in [-0.15, -0.1) is 11.3 Å². The fourth-order valence-corrected chi connectivity index (χ4v) is 2.79. The van der Waals surface area contributed by atoms with Gasteiger partial charge in [-0.25, -0.2) is 0 Å². The van der Waals surface area contributed by atoms with Crippen LogP contribution in [0.4, 0.5) is 0 Å². The van der Waals surface area contributed by atoms with Crippen LogP contribution in [0.2, 0.25) is 0 Å². The van der Waals surface area contributed by atoms with Gasteiger partial charge in [-0.1, -0.05) is 0 Å². The normalized spacial score (nSPS) is 20.9. The van der Waals surface area contributed by atoms with Crippen molar-refractivity contribution in [3.8, 4) is 0 Å². The molecule has 1 N–H and O–H groups in total.